The van der Waals surface area contributed by atoms with Gasteiger partial charge in [0.25, 0.3) is 0 Å². The molecule has 0 aliphatic carbocycles. The first kappa shape index (κ1) is 17.2. The summed E-state index contributed by atoms with van der Waals surface area (Å²) in [5.74, 6) is 0.281. The molecule has 0 radical (unpaired) electrons. The van der Waals surface area contributed by atoms with Crippen molar-refractivity contribution in [3.63, 3.8) is 0 Å². The van der Waals surface area contributed by atoms with E-state index in [-0.39, 0.29) is 36.6 Å². The molecule has 0 saturated carbocycles. The Bertz CT molecular complexity index is 364. The molecule has 6 heteroatoms. The topological polar surface area (TPSA) is 54.0 Å². The number of hydrogen-bond acceptors (Lipinski definition) is 3. The van der Waals surface area contributed by atoms with Gasteiger partial charge >= 0.3 is 0 Å². The molecule has 0 spiro atoms. The van der Waals surface area contributed by atoms with Crippen LogP contribution in [0.25, 0.3) is 0 Å². The van der Waals surface area contributed by atoms with E-state index in [1.165, 1.54) is 0 Å². The summed E-state index contributed by atoms with van der Waals surface area (Å²) in [6.45, 7) is 4.28. The molecule has 1 unspecified atom stereocenters. The fraction of sp³-hybridized carbons (Fsp3) is 0.500. The highest BCUT2D eigenvalue weighted by Crippen LogP contribution is 2.07. The van der Waals surface area contributed by atoms with Gasteiger partial charge < -0.3 is 10.6 Å². The van der Waals surface area contributed by atoms with Gasteiger partial charge in [-0.3, -0.25) is 9.78 Å². The molecule has 1 aliphatic heterocycles. The van der Waals surface area contributed by atoms with Crippen LogP contribution in [0.5, 0.6) is 0 Å². The second kappa shape index (κ2) is 8.29. The quantitative estimate of drug-likeness (QED) is 0.887. The molecular formula is C12H19Cl2N3O. The van der Waals surface area contributed by atoms with Gasteiger partial charge in [-0.1, -0.05) is 6.07 Å². The third kappa shape index (κ3) is 4.80. The molecular weight excluding hydrogens is 273 g/mol. The van der Waals surface area contributed by atoms with E-state index in [2.05, 4.69) is 15.6 Å². The first-order valence-corrected chi connectivity index (χ1v) is 5.65. The van der Waals surface area contributed by atoms with Crippen LogP contribution in [0.2, 0.25) is 0 Å². The van der Waals surface area contributed by atoms with Crippen molar-refractivity contribution in [1.29, 1.82) is 0 Å². The molecule has 2 heterocycles. The maximum absolute atomic E-state index is 11.7. The lowest BCUT2D eigenvalue weighted by molar-refractivity contribution is -0.124. The van der Waals surface area contributed by atoms with Gasteiger partial charge in [-0.25, -0.2) is 0 Å². The normalized spacial score (nSPS) is 17.5. The van der Waals surface area contributed by atoms with E-state index in [0.717, 1.165) is 30.8 Å². The van der Waals surface area contributed by atoms with Gasteiger partial charge in [-0.15, -0.1) is 24.8 Å². The number of rotatable bonds is 3. The summed E-state index contributed by atoms with van der Waals surface area (Å²) in [7, 11) is 0. The van der Waals surface area contributed by atoms with Gasteiger partial charge in [0.15, 0.2) is 0 Å². The van der Waals surface area contributed by atoms with Crippen molar-refractivity contribution < 1.29 is 4.79 Å². The summed E-state index contributed by atoms with van der Waals surface area (Å²) in [5, 5.41) is 6.13. The monoisotopic (exact) mass is 291 g/mol. The molecule has 102 valence electrons. The van der Waals surface area contributed by atoms with Crippen LogP contribution in [-0.2, 0) is 11.3 Å². The zero-order valence-corrected chi connectivity index (χ0v) is 11.9. The number of nitrogens with one attached hydrogen (secondary N) is 2. The zero-order chi connectivity index (χ0) is 11.4. The van der Waals surface area contributed by atoms with Crippen LogP contribution in [0.15, 0.2) is 18.3 Å². The number of amides is 1. The van der Waals surface area contributed by atoms with E-state index >= 15 is 0 Å². The molecule has 1 fully saturated rings. The van der Waals surface area contributed by atoms with Gasteiger partial charge in [0.05, 0.1) is 5.92 Å². The van der Waals surface area contributed by atoms with Gasteiger partial charge in [-0.2, -0.15) is 0 Å². The van der Waals surface area contributed by atoms with E-state index in [0.29, 0.717) is 6.54 Å². The van der Waals surface area contributed by atoms with E-state index in [1.54, 1.807) is 0 Å². The lowest BCUT2D eigenvalue weighted by Crippen LogP contribution is -2.31. The Morgan fingerprint density at radius 3 is 2.83 bits per heavy atom. The van der Waals surface area contributed by atoms with Crippen LogP contribution in [0, 0.1) is 12.8 Å². The largest absolute Gasteiger partial charge is 0.352 e. The Morgan fingerprint density at radius 2 is 2.28 bits per heavy atom. The number of carbonyl (C=O) groups excluding carboxylic acids is 1. The fourth-order valence-corrected chi connectivity index (χ4v) is 1.81. The summed E-state index contributed by atoms with van der Waals surface area (Å²) in [4.78, 5) is 15.9. The number of halogens is 2. The van der Waals surface area contributed by atoms with Crippen molar-refractivity contribution in [3.05, 3.63) is 29.6 Å². The Labute approximate surface area is 120 Å². The minimum Gasteiger partial charge on any atom is -0.352 e. The molecule has 1 saturated heterocycles. The Balaban J connectivity index is 0.00000144. The Morgan fingerprint density at radius 1 is 1.50 bits per heavy atom. The number of aromatic nitrogens is 1. The minimum atomic E-state index is 0. The minimum absolute atomic E-state index is 0. The van der Waals surface area contributed by atoms with Crippen molar-refractivity contribution in [2.45, 2.75) is 19.9 Å². The molecule has 1 aromatic rings. The maximum Gasteiger partial charge on any atom is 0.224 e. The zero-order valence-electron chi connectivity index (χ0n) is 10.3. The number of nitrogens with zero attached hydrogens (tertiary/aromatic N) is 1. The lowest BCUT2D eigenvalue weighted by Gasteiger charge is -2.09. The summed E-state index contributed by atoms with van der Waals surface area (Å²) in [5.41, 5.74) is 2.04. The Hall–Kier alpha value is -0.840. The number of aryl methyl sites for hydroxylation is 1. The SMILES string of the molecule is Cc1ccc(CNC(=O)C2CCNC2)cn1.Cl.Cl. The molecule has 4 nitrogen and oxygen atoms in total. The highest BCUT2D eigenvalue weighted by Gasteiger charge is 2.21. The highest BCUT2D eigenvalue weighted by atomic mass is 35.5. The van der Waals surface area contributed by atoms with Gasteiger partial charge in [-0.05, 0) is 31.5 Å². The van der Waals surface area contributed by atoms with Crippen LogP contribution in [0.3, 0.4) is 0 Å². The second-order valence-corrected chi connectivity index (χ2v) is 4.22. The van der Waals surface area contributed by atoms with Crippen LogP contribution in [0.1, 0.15) is 17.7 Å². The third-order valence-corrected chi connectivity index (χ3v) is 2.87. The van der Waals surface area contributed by atoms with Crippen molar-refractivity contribution in [1.82, 2.24) is 15.6 Å². The van der Waals surface area contributed by atoms with E-state index in [1.807, 2.05) is 25.3 Å². The molecule has 1 aliphatic rings. The van der Waals surface area contributed by atoms with E-state index < -0.39 is 0 Å². The first-order valence-electron chi connectivity index (χ1n) is 5.65. The van der Waals surface area contributed by atoms with Crippen LogP contribution < -0.4 is 10.6 Å². The number of carbonyl (C=O) groups is 1. The van der Waals surface area contributed by atoms with Crippen LogP contribution in [0.4, 0.5) is 0 Å². The average Bonchev–Trinajstić information content (AvgIpc) is 2.81. The molecule has 0 aromatic carbocycles. The predicted molar refractivity (Wildman–Crippen MR) is 76.3 cm³/mol. The first-order chi connectivity index (χ1) is 7.75. The van der Waals surface area contributed by atoms with Crippen molar-refractivity contribution in [2.24, 2.45) is 5.92 Å². The van der Waals surface area contributed by atoms with Crippen molar-refractivity contribution in [2.75, 3.05) is 13.1 Å². The van der Waals surface area contributed by atoms with Crippen LogP contribution >= 0.6 is 24.8 Å². The molecule has 2 rings (SSSR count). The molecule has 1 atom stereocenters. The third-order valence-electron chi connectivity index (χ3n) is 2.87. The lowest BCUT2D eigenvalue weighted by atomic mass is 10.1. The predicted octanol–water partition coefficient (Wildman–Crippen LogP) is 1.46. The van der Waals surface area contributed by atoms with Gasteiger partial charge in [0.1, 0.15) is 0 Å². The molecule has 2 N–H and O–H groups in total. The van der Waals surface area contributed by atoms with Crippen molar-refractivity contribution in [3.8, 4) is 0 Å². The van der Waals surface area contributed by atoms with Crippen molar-refractivity contribution >= 4 is 30.7 Å². The van der Waals surface area contributed by atoms with Gasteiger partial charge in [0.2, 0.25) is 5.91 Å². The number of pyridine rings is 1. The maximum atomic E-state index is 11.7. The summed E-state index contributed by atoms with van der Waals surface area (Å²) < 4.78 is 0. The smallest absolute Gasteiger partial charge is 0.224 e. The summed E-state index contributed by atoms with van der Waals surface area (Å²) in [6, 6.07) is 3.95. The van der Waals surface area contributed by atoms with Crippen LogP contribution in [-0.4, -0.2) is 24.0 Å². The van der Waals surface area contributed by atoms with Gasteiger partial charge in [0, 0.05) is 25.0 Å². The molecule has 18 heavy (non-hydrogen) atoms. The number of hydrogen-bond donors (Lipinski definition) is 2. The summed E-state index contributed by atoms with van der Waals surface area (Å²) in [6.07, 6.45) is 2.75. The Kier molecular flexibility index (Phi) is 7.91. The molecule has 1 aromatic heterocycles. The van der Waals surface area contributed by atoms with E-state index in [9.17, 15) is 4.79 Å². The van der Waals surface area contributed by atoms with E-state index in [4.69, 9.17) is 0 Å². The average molecular weight is 292 g/mol. The second-order valence-electron chi connectivity index (χ2n) is 4.22. The standard InChI is InChI=1S/C12H17N3O.2ClH/c1-9-2-3-10(6-14-9)7-15-12(16)11-4-5-13-8-11;;/h2-3,6,11,13H,4-5,7-8H2,1H3,(H,15,16);2*1H. The fourth-order valence-electron chi connectivity index (χ4n) is 1.81. The highest BCUT2D eigenvalue weighted by molar-refractivity contribution is 5.85. The molecule has 0 bridgehead atoms. The summed E-state index contributed by atoms with van der Waals surface area (Å²) >= 11 is 0. The molecule has 1 amide bonds.